The standard InChI is InChI=1S/C24H24BrN5O2S/c1-3-31-21-13-17(12-20(25)22(21)32-15-19-7-5-4-6-16(19)2)14-27-30-23(28-29-24(30)33)18-8-10-26-11-9-18/h4-13,27H,3,14-15H2,1-2H3,(H,29,33). The molecule has 0 aliphatic carbocycles. The maximum Gasteiger partial charge on any atom is 0.214 e. The molecule has 0 amide bonds. The van der Waals surface area contributed by atoms with Crippen molar-refractivity contribution in [2.75, 3.05) is 12.0 Å². The Hall–Kier alpha value is -3.17. The summed E-state index contributed by atoms with van der Waals surface area (Å²) in [5, 5.41) is 7.18. The van der Waals surface area contributed by atoms with Crippen molar-refractivity contribution in [2.45, 2.75) is 27.0 Å². The third kappa shape index (κ3) is 5.43. The predicted octanol–water partition coefficient (Wildman–Crippen LogP) is 5.80. The lowest BCUT2D eigenvalue weighted by Crippen LogP contribution is -2.16. The highest BCUT2D eigenvalue weighted by Crippen LogP contribution is 2.37. The van der Waals surface area contributed by atoms with E-state index < -0.39 is 0 Å². The maximum absolute atomic E-state index is 6.15. The first kappa shape index (κ1) is 23.0. The zero-order valence-electron chi connectivity index (χ0n) is 18.3. The lowest BCUT2D eigenvalue weighted by molar-refractivity contribution is 0.267. The molecule has 2 N–H and O–H groups in total. The van der Waals surface area contributed by atoms with E-state index in [-0.39, 0.29) is 0 Å². The van der Waals surface area contributed by atoms with E-state index in [0.717, 1.165) is 21.2 Å². The molecule has 0 fully saturated rings. The summed E-state index contributed by atoms with van der Waals surface area (Å²) in [5.74, 6) is 2.05. The minimum Gasteiger partial charge on any atom is -0.490 e. The third-order valence-electron chi connectivity index (χ3n) is 5.05. The fourth-order valence-electron chi connectivity index (χ4n) is 3.36. The van der Waals surface area contributed by atoms with Crippen LogP contribution < -0.4 is 14.9 Å². The molecule has 2 aromatic heterocycles. The molecule has 4 rings (SSSR count). The van der Waals surface area contributed by atoms with Crippen LogP contribution in [0, 0.1) is 11.7 Å². The van der Waals surface area contributed by atoms with Crippen LogP contribution in [0.4, 0.5) is 0 Å². The van der Waals surface area contributed by atoms with Gasteiger partial charge >= 0.3 is 0 Å². The minimum absolute atomic E-state index is 0.461. The molecule has 9 heteroatoms. The minimum atomic E-state index is 0.461. The maximum atomic E-state index is 6.15. The number of pyridine rings is 1. The average molecular weight is 526 g/mol. The Bertz CT molecular complexity index is 1290. The van der Waals surface area contributed by atoms with Crippen LogP contribution in [0.3, 0.4) is 0 Å². The molecule has 0 aliphatic heterocycles. The van der Waals surface area contributed by atoms with Gasteiger partial charge in [0.25, 0.3) is 0 Å². The summed E-state index contributed by atoms with van der Waals surface area (Å²) >= 11 is 9.07. The second-order valence-electron chi connectivity index (χ2n) is 7.31. The first-order chi connectivity index (χ1) is 16.1. The molecule has 0 aliphatic rings. The number of H-pyrrole nitrogens is 1. The molecule has 0 saturated heterocycles. The fourth-order valence-corrected chi connectivity index (χ4v) is 4.16. The number of nitrogens with zero attached hydrogens (tertiary/aromatic N) is 3. The molecule has 2 heterocycles. The molecule has 0 radical (unpaired) electrons. The molecular formula is C24H24BrN5O2S. The Morgan fingerprint density at radius 1 is 1.12 bits per heavy atom. The summed E-state index contributed by atoms with van der Waals surface area (Å²) in [6.07, 6.45) is 3.44. The third-order valence-corrected chi connectivity index (χ3v) is 5.92. The van der Waals surface area contributed by atoms with Crippen molar-refractivity contribution in [2.24, 2.45) is 0 Å². The van der Waals surface area contributed by atoms with Gasteiger partial charge in [-0.25, -0.2) is 9.77 Å². The fraction of sp³-hybridized carbons (Fsp3) is 0.208. The summed E-state index contributed by atoms with van der Waals surface area (Å²) in [5.41, 5.74) is 7.56. The van der Waals surface area contributed by atoms with Gasteiger partial charge in [0.05, 0.1) is 17.6 Å². The highest BCUT2D eigenvalue weighted by Gasteiger charge is 2.14. The van der Waals surface area contributed by atoms with Gasteiger partial charge in [-0.3, -0.25) is 4.98 Å². The van der Waals surface area contributed by atoms with Crippen LogP contribution >= 0.6 is 28.1 Å². The van der Waals surface area contributed by atoms with E-state index in [4.69, 9.17) is 21.7 Å². The van der Waals surface area contributed by atoms with Gasteiger partial charge in [0.15, 0.2) is 17.3 Å². The number of aromatic nitrogens is 4. The lowest BCUT2D eigenvalue weighted by Gasteiger charge is -2.17. The van der Waals surface area contributed by atoms with Crippen LogP contribution in [-0.2, 0) is 13.2 Å². The first-order valence-corrected chi connectivity index (χ1v) is 11.7. The topological polar surface area (TPSA) is 77.0 Å². The van der Waals surface area contributed by atoms with Gasteiger partial charge in [-0.05, 0) is 83.0 Å². The summed E-state index contributed by atoms with van der Waals surface area (Å²) < 4.78 is 15.1. The Balaban J connectivity index is 1.54. The Morgan fingerprint density at radius 3 is 2.67 bits per heavy atom. The number of ether oxygens (including phenoxy) is 2. The summed E-state index contributed by atoms with van der Waals surface area (Å²) in [6.45, 7) is 5.52. The first-order valence-electron chi connectivity index (χ1n) is 10.5. The molecule has 7 nitrogen and oxygen atoms in total. The molecule has 4 aromatic rings. The van der Waals surface area contributed by atoms with Crippen molar-refractivity contribution in [3.8, 4) is 22.9 Å². The van der Waals surface area contributed by atoms with Crippen molar-refractivity contribution in [3.63, 3.8) is 0 Å². The van der Waals surface area contributed by atoms with Crippen LogP contribution in [-0.4, -0.2) is 26.5 Å². The molecule has 170 valence electrons. The number of halogens is 1. The van der Waals surface area contributed by atoms with E-state index in [1.54, 1.807) is 17.1 Å². The monoisotopic (exact) mass is 525 g/mol. The van der Waals surface area contributed by atoms with Crippen LogP contribution in [0.5, 0.6) is 11.5 Å². The molecule has 33 heavy (non-hydrogen) atoms. The number of aromatic amines is 1. The van der Waals surface area contributed by atoms with E-state index in [2.05, 4.69) is 55.6 Å². The number of hydrogen-bond donors (Lipinski definition) is 2. The average Bonchev–Trinajstić information content (AvgIpc) is 3.19. The Kier molecular flexibility index (Phi) is 7.41. The van der Waals surface area contributed by atoms with Crippen LogP contribution in [0.15, 0.2) is 65.4 Å². The van der Waals surface area contributed by atoms with Gasteiger partial charge in [-0.1, -0.05) is 24.3 Å². The number of rotatable bonds is 9. The molecule has 0 unspecified atom stereocenters. The largest absolute Gasteiger partial charge is 0.490 e. The Labute approximate surface area is 205 Å². The van der Waals surface area contributed by atoms with Gasteiger partial charge in [0, 0.05) is 18.0 Å². The zero-order chi connectivity index (χ0) is 23.2. The molecule has 0 saturated carbocycles. The SMILES string of the molecule is CCOc1cc(CNn2c(-c3ccncc3)n[nH]c2=S)cc(Br)c1OCc1ccccc1C. The number of aryl methyl sites for hydroxylation is 1. The van der Waals surface area contributed by atoms with Crippen molar-refractivity contribution in [1.82, 2.24) is 19.9 Å². The smallest absolute Gasteiger partial charge is 0.214 e. The summed E-state index contributed by atoms with van der Waals surface area (Å²) in [7, 11) is 0. The quantitative estimate of drug-likeness (QED) is 0.269. The van der Waals surface area contributed by atoms with Gasteiger partial charge < -0.3 is 14.9 Å². The zero-order valence-corrected chi connectivity index (χ0v) is 20.7. The van der Waals surface area contributed by atoms with E-state index in [0.29, 0.717) is 41.9 Å². The van der Waals surface area contributed by atoms with E-state index in [1.165, 1.54) is 5.56 Å². The highest BCUT2D eigenvalue weighted by molar-refractivity contribution is 9.10. The highest BCUT2D eigenvalue weighted by atomic mass is 79.9. The normalized spacial score (nSPS) is 10.8. The van der Waals surface area contributed by atoms with E-state index in [9.17, 15) is 0 Å². The van der Waals surface area contributed by atoms with E-state index >= 15 is 0 Å². The van der Waals surface area contributed by atoms with Crippen molar-refractivity contribution >= 4 is 28.1 Å². The van der Waals surface area contributed by atoms with Crippen LogP contribution in [0.25, 0.3) is 11.4 Å². The second-order valence-corrected chi connectivity index (χ2v) is 8.55. The van der Waals surface area contributed by atoms with Crippen molar-refractivity contribution in [3.05, 3.63) is 86.9 Å². The molecule has 2 aromatic carbocycles. The molecule has 0 atom stereocenters. The summed E-state index contributed by atoms with van der Waals surface area (Å²) in [4.78, 5) is 4.06. The predicted molar refractivity (Wildman–Crippen MR) is 135 cm³/mol. The van der Waals surface area contributed by atoms with Gasteiger partial charge in [-0.15, -0.1) is 0 Å². The van der Waals surface area contributed by atoms with Gasteiger partial charge in [-0.2, -0.15) is 5.10 Å². The number of nitrogens with one attached hydrogen (secondary N) is 2. The van der Waals surface area contributed by atoms with E-state index in [1.807, 2.05) is 43.3 Å². The lowest BCUT2D eigenvalue weighted by atomic mass is 10.1. The van der Waals surface area contributed by atoms with Crippen molar-refractivity contribution < 1.29 is 9.47 Å². The van der Waals surface area contributed by atoms with Crippen molar-refractivity contribution in [1.29, 1.82) is 0 Å². The molecular weight excluding hydrogens is 502 g/mol. The van der Waals surface area contributed by atoms with Crippen LogP contribution in [0.1, 0.15) is 23.6 Å². The van der Waals surface area contributed by atoms with Gasteiger partial charge in [0.2, 0.25) is 4.77 Å². The van der Waals surface area contributed by atoms with Gasteiger partial charge in [0.1, 0.15) is 6.61 Å². The van der Waals surface area contributed by atoms with Crippen LogP contribution in [0.2, 0.25) is 0 Å². The molecule has 0 bridgehead atoms. The number of benzene rings is 2. The second kappa shape index (κ2) is 10.6. The molecule has 0 spiro atoms. The number of hydrogen-bond acceptors (Lipinski definition) is 6. The summed E-state index contributed by atoms with van der Waals surface area (Å²) in [6, 6.07) is 15.9. The Morgan fingerprint density at radius 2 is 1.91 bits per heavy atom.